The van der Waals surface area contributed by atoms with Crippen LogP contribution in [0.4, 0.5) is 0 Å². The second-order valence-corrected chi connectivity index (χ2v) is 7.60. The Morgan fingerprint density at radius 2 is 1.90 bits per heavy atom. The van der Waals surface area contributed by atoms with Gasteiger partial charge in [-0.25, -0.2) is 0 Å². The molecular formula is C22H24ClN3O3. The molecule has 0 bridgehead atoms. The second kappa shape index (κ2) is 9.09. The van der Waals surface area contributed by atoms with Gasteiger partial charge >= 0.3 is 0 Å². The van der Waals surface area contributed by atoms with Gasteiger partial charge in [-0.2, -0.15) is 4.98 Å². The van der Waals surface area contributed by atoms with Crippen molar-refractivity contribution in [3.63, 3.8) is 0 Å². The Balaban J connectivity index is 1.65. The Morgan fingerprint density at radius 1 is 1.17 bits per heavy atom. The fraction of sp³-hybridized carbons (Fsp3) is 0.318. The number of amides is 1. The Labute approximate surface area is 175 Å². The molecule has 0 saturated carbocycles. The van der Waals surface area contributed by atoms with Crippen molar-refractivity contribution in [2.75, 3.05) is 6.61 Å². The molecule has 0 spiro atoms. The summed E-state index contributed by atoms with van der Waals surface area (Å²) in [6.45, 7) is 7.91. The van der Waals surface area contributed by atoms with Crippen molar-refractivity contribution in [1.82, 2.24) is 15.0 Å². The van der Waals surface area contributed by atoms with Crippen LogP contribution in [-0.2, 0) is 11.3 Å². The first-order valence-electron chi connectivity index (χ1n) is 9.41. The number of hydrogen-bond donors (Lipinski definition) is 0. The molecule has 0 N–H and O–H groups in total. The lowest BCUT2D eigenvalue weighted by Gasteiger charge is -2.25. The van der Waals surface area contributed by atoms with Gasteiger partial charge in [-0.15, -0.1) is 0 Å². The van der Waals surface area contributed by atoms with Crippen LogP contribution in [-0.4, -0.2) is 33.6 Å². The van der Waals surface area contributed by atoms with E-state index in [0.29, 0.717) is 22.5 Å². The maximum atomic E-state index is 12.7. The average molecular weight is 414 g/mol. The first kappa shape index (κ1) is 20.9. The number of hydrogen-bond acceptors (Lipinski definition) is 5. The minimum absolute atomic E-state index is 0.0484. The van der Waals surface area contributed by atoms with Crippen LogP contribution in [0.15, 0.2) is 47.0 Å². The Bertz CT molecular complexity index is 983. The molecule has 7 heteroatoms. The number of aryl methyl sites for hydroxylation is 2. The molecule has 0 aliphatic heterocycles. The van der Waals surface area contributed by atoms with E-state index < -0.39 is 0 Å². The maximum absolute atomic E-state index is 12.7. The predicted octanol–water partition coefficient (Wildman–Crippen LogP) is 4.82. The van der Waals surface area contributed by atoms with E-state index in [1.54, 1.807) is 23.1 Å². The summed E-state index contributed by atoms with van der Waals surface area (Å²) in [6.07, 6.45) is 0. The molecule has 1 heterocycles. The number of ether oxygens (including phenoxy) is 1. The molecule has 1 aromatic heterocycles. The van der Waals surface area contributed by atoms with Crippen LogP contribution in [0.5, 0.6) is 5.75 Å². The minimum atomic E-state index is -0.164. The van der Waals surface area contributed by atoms with Crippen LogP contribution in [0, 0.1) is 13.8 Å². The Morgan fingerprint density at radius 3 is 2.55 bits per heavy atom. The monoisotopic (exact) mass is 413 g/mol. The van der Waals surface area contributed by atoms with Crippen molar-refractivity contribution in [2.45, 2.75) is 40.3 Å². The molecule has 3 aromatic rings. The number of rotatable bonds is 7. The van der Waals surface area contributed by atoms with Crippen molar-refractivity contribution in [3.05, 3.63) is 64.5 Å². The van der Waals surface area contributed by atoms with E-state index >= 15 is 0 Å². The lowest BCUT2D eigenvalue weighted by molar-refractivity contribution is -0.136. The fourth-order valence-corrected chi connectivity index (χ4v) is 2.90. The largest absolute Gasteiger partial charge is 0.484 e. The lowest BCUT2D eigenvalue weighted by Crippen LogP contribution is -2.39. The van der Waals surface area contributed by atoms with Crippen LogP contribution in [0.1, 0.15) is 30.9 Å². The number of carbonyl (C=O) groups excluding carboxylic acids is 1. The van der Waals surface area contributed by atoms with Gasteiger partial charge in [-0.1, -0.05) is 46.6 Å². The lowest BCUT2D eigenvalue weighted by atomic mass is 10.1. The quantitative estimate of drug-likeness (QED) is 0.555. The highest BCUT2D eigenvalue weighted by atomic mass is 35.5. The highest BCUT2D eigenvalue weighted by molar-refractivity contribution is 6.31. The second-order valence-electron chi connectivity index (χ2n) is 7.19. The molecule has 0 radical (unpaired) electrons. The summed E-state index contributed by atoms with van der Waals surface area (Å²) in [5, 5.41) is 4.69. The molecule has 2 aromatic carbocycles. The van der Waals surface area contributed by atoms with Gasteiger partial charge in [0.1, 0.15) is 12.3 Å². The zero-order chi connectivity index (χ0) is 21.0. The Hall–Kier alpha value is -2.86. The number of aromatic nitrogens is 2. The molecule has 0 fully saturated rings. The fourth-order valence-electron chi connectivity index (χ4n) is 2.78. The van der Waals surface area contributed by atoms with Gasteiger partial charge in [0.05, 0.1) is 0 Å². The molecule has 0 aliphatic rings. The van der Waals surface area contributed by atoms with Crippen LogP contribution < -0.4 is 4.74 Å². The zero-order valence-corrected chi connectivity index (χ0v) is 17.7. The van der Waals surface area contributed by atoms with E-state index in [1.165, 1.54) is 0 Å². The third-order valence-electron chi connectivity index (χ3n) is 4.52. The van der Waals surface area contributed by atoms with Crippen molar-refractivity contribution < 1.29 is 14.1 Å². The van der Waals surface area contributed by atoms with Crippen molar-refractivity contribution in [3.8, 4) is 17.1 Å². The van der Waals surface area contributed by atoms with Crippen LogP contribution >= 0.6 is 11.6 Å². The van der Waals surface area contributed by atoms with Gasteiger partial charge in [0, 0.05) is 16.6 Å². The van der Waals surface area contributed by atoms with E-state index in [-0.39, 0.29) is 25.1 Å². The Kier molecular flexibility index (Phi) is 6.54. The van der Waals surface area contributed by atoms with Crippen LogP contribution in [0.2, 0.25) is 5.02 Å². The molecule has 29 heavy (non-hydrogen) atoms. The van der Waals surface area contributed by atoms with Crippen LogP contribution in [0.3, 0.4) is 0 Å². The van der Waals surface area contributed by atoms with Gasteiger partial charge in [0.25, 0.3) is 5.91 Å². The number of carbonyl (C=O) groups is 1. The van der Waals surface area contributed by atoms with E-state index in [0.717, 1.165) is 16.7 Å². The molecule has 0 atom stereocenters. The molecule has 0 unspecified atom stereocenters. The van der Waals surface area contributed by atoms with E-state index in [2.05, 4.69) is 10.1 Å². The van der Waals surface area contributed by atoms with Gasteiger partial charge in [-0.3, -0.25) is 4.79 Å². The first-order valence-corrected chi connectivity index (χ1v) is 9.79. The maximum Gasteiger partial charge on any atom is 0.261 e. The van der Waals surface area contributed by atoms with Crippen molar-refractivity contribution >= 4 is 17.5 Å². The molecule has 6 nitrogen and oxygen atoms in total. The average Bonchev–Trinajstić information content (AvgIpc) is 3.16. The SMILES string of the molecule is Cc1ccc(-c2noc(CN(C(=O)COc3ccc(Cl)c(C)c3)C(C)C)n2)cc1. The molecule has 3 rings (SSSR count). The number of benzene rings is 2. The number of nitrogens with zero attached hydrogens (tertiary/aromatic N) is 3. The predicted molar refractivity (Wildman–Crippen MR) is 112 cm³/mol. The minimum Gasteiger partial charge on any atom is -0.484 e. The summed E-state index contributed by atoms with van der Waals surface area (Å²) in [4.78, 5) is 18.8. The molecular weight excluding hydrogens is 390 g/mol. The van der Waals surface area contributed by atoms with Crippen LogP contribution in [0.25, 0.3) is 11.4 Å². The third-order valence-corrected chi connectivity index (χ3v) is 4.94. The molecule has 1 amide bonds. The summed E-state index contributed by atoms with van der Waals surface area (Å²) in [7, 11) is 0. The van der Waals surface area contributed by atoms with Gasteiger partial charge < -0.3 is 14.2 Å². The smallest absolute Gasteiger partial charge is 0.261 e. The summed E-state index contributed by atoms with van der Waals surface area (Å²) in [6, 6.07) is 13.1. The normalized spacial score (nSPS) is 11.0. The summed E-state index contributed by atoms with van der Waals surface area (Å²) in [5.41, 5.74) is 2.92. The van der Waals surface area contributed by atoms with Gasteiger partial charge in [0.15, 0.2) is 6.61 Å². The zero-order valence-electron chi connectivity index (χ0n) is 17.0. The highest BCUT2D eigenvalue weighted by Crippen LogP contribution is 2.21. The molecule has 152 valence electrons. The number of halogens is 1. The van der Waals surface area contributed by atoms with Gasteiger partial charge in [-0.05, 0) is 51.5 Å². The molecule has 0 aliphatic carbocycles. The topological polar surface area (TPSA) is 68.5 Å². The summed E-state index contributed by atoms with van der Waals surface area (Å²) in [5.74, 6) is 1.32. The van der Waals surface area contributed by atoms with Crippen molar-refractivity contribution in [1.29, 1.82) is 0 Å². The van der Waals surface area contributed by atoms with E-state index in [9.17, 15) is 4.79 Å². The van der Waals surface area contributed by atoms with Gasteiger partial charge in [0.2, 0.25) is 11.7 Å². The van der Waals surface area contributed by atoms with Crippen molar-refractivity contribution in [2.24, 2.45) is 0 Å². The summed E-state index contributed by atoms with van der Waals surface area (Å²) < 4.78 is 11.0. The third kappa shape index (κ3) is 5.35. The summed E-state index contributed by atoms with van der Waals surface area (Å²) >= 11 is 6.03. The first-order chi connectivity index (χ1) is 13.8. The standard InChI is InChI=1S/C22H24ClN3O3/c1-14(2)26(21(27)13-28-18-9-10-19(23)16(4)11-18)12-20-24-22(25-29-20)17-7-5-15(3)6-8-17/h5-11,14H,12-13H2,1-4H3. The van der Waals surface area contributed by atoms with E-state index in [1.807, 2.05) is 52.0 Å². The van der Waals surface area contributed by atoms with E-state index in [4.69, 9.17) is 20.9 Å². The highest BCUT2D eigenvalue weighted by Gasteiger charge is 2.21. The molecule has 0 saturated heterocycles.